The van der Waals surface area contributed by atoms with Crippen molar-refractivity contribution in [2.45, 2.75) is 90.1 Å². The van der Waals surface area contributed by atoms with Crippen LogP contribution in [-0.4, -0.2) is 47.9 Å². The van der Waals surface area contributed by atoms with Crippen LogP contribution in [0.4, 0.5) is 0 Å². The Morgan fingerprint density at radius 2 is 1.48 bits per heavy atom. The molecule has 29 heavy (non-hydrogen) atoms. The van der Waals surface area contributed by atoms with Gasteiger partial charge in [0.15, 0.2) is 0 Å². The molecule has 6 rings (SSSR count). The van der Waals surface area contributed by atoms with E-state index in [1.165, 1.54) is 19.3 Å². The Hall–Kier alpha value is -1.10. The zero-order chi connectivity index (χ0) is 20.4. The molecule has 2 N–H and O–H groups in total. The molecule has 1 aliphatic heterocycles. The maximum Gasteiger partial charge on any atom is 0.234 e. The fourth-order valence-electron chi connectivity index (χ4n) is 7.62. The molecule has 1 atom stereocenters. The second kappa shape index (κ2) is 6.70. The molecule has 1 spiro atoms. The average Bonchev–Trinajstić information content (AvgIpc) is 3.26. The first kappa shape index (κ1) is 19.8. The highest BCUT2D eigenvalue weighted by Crippen LogP contribution is 2.61. The first-order valence-corrected chi connectivity index (χ1v) is 12.0. The van der Waals surface area contributed by atoms with E-state index in [1.807, 2.05) is 20.8 Å². The minimum Gasteiger partial charge on any atom is -0.352 e. The largest absolute Gasteiger partial charge is 0.352 e. The van der Waals surface area contributed by atoms with Gasteiger partial charge < -0.3 is 10.6 Å². The number of likely N-dealkylation sites (tertiary alicyclic amines) is 1. The van der Waals surface area contributed by atoms with Gasteiger partial charge in [0, 0.05) is 17.0 Å². The van der Waals surface area contributed by atoms with Gasteiger partial charge in [-0.15, -0.1) is 0 Å². The lowest BCUT2D eigenvalue weighted by Gasteiger charge is -2.55. The molecule has 0 aromatic rings. The second-order valence-corrected chi connectivity index (χ2v) is 12.4. The summed E-state index contributed by atoms with van der Waals surface area (Å²) in [6.07, 6.45) is 11.0. The van der Waals surface area contributed by atoms with Crippen LogP contribution in [0.25, 0.3) is 0 Å². The number of carbonyl (C=O) groups is 2. The molecule has 0 aromatic heterocycles. The molecule has 0 aromatic carbocycles. The lowest BCUT2D eigenvalue weighted by molar-refractivity contribution is -0.146. The van der Waals surface area contributed by atoms with Crippen molar-refractivity contribution in [2.24, 2.45) is 28.6 Å². The third kappa shape index (κ3) is 3.84. The molecule has 5 saturated carbocycles. The van der Waals surface area contributed by atoms with E-state index in [0.717, 1.165) is 69.4 Å². The van der Waals surface area contributed by atoms with Crippen LogP contribution < -0.4 is 10.6 Å². The summed E-state index contributed by atoms with van der Waals surface area (Å²) >= 11 is 0. The molecule has 0 radical (unpaired) electrons. The van der Waals surface area contributed by atoms with Crippen LogP contribution in [-0.2, 0) is 9.59 Å². The molecule has 5 heteroatoms. The number of amides is 2. The molecule has 5 aliphatic carbocycles. The fraction of sp³-hybridized carbons (Fsp3) is 0.917. The standard InChI is InChI=1S/C24H39N3O2/c1-22(2,3)26-20(28)15-27-6-4-23(5-7-27)14-19(23)25-21(29)24-11-16-8-17(12-24)10-18(9-16)13-24/h16-19H,4-15H2,1-3H3,(H,25,29)(H,26,28)/t16?,17?,18?,19-,24?/m1/s1. The van der Waals surface area contributed by atoms with E-state index in [4.69, 9.17) is 0 Å². The molecule has 1 saturated heterocycles. The molecule has 5 nitrogen and oxygen atoms in total. The van der Waals surface area contributed by atoms with Gasteiger partial charge in [-0.3, -0.25) is 14.5 Å². The Balaban J connectivity index is 1.12. The van der Waals surface area contributed by atoms with Crippen LogP contribution in [0.15, 0.2) is 0 Å². The third-order valence-corrected chi connectivity index (χ3v) is 8.75. The van der Waals surface area contributed by atoms with Crippen molar-refractivity contribution in [3.8, 4) is 0 Å². The maximum absolute atomic E-state index is 13.3. The quantitative estimate of drug-likeness (QED) is 0.761. The number of rotatable bonds is 4. The van der Waals surface area contributed by atoms with Crippen molar-refractivity contribution < 1.29 is 9.59 Å². The smallest absolute Gasteiger partial charge is 0.234 e. The Bertz CT molecular complexity index is 651. The van der Waals surface area contributed by atoms with Crippen LogP contribution in [0.2, 0.25) is 0 Å². The van der Waals surface area contributed by atoms with E-state index in [1.54, 1.807) is 0 Å². The van der Waals surface area contributed by atoms with Gasteiger partial charge in [-0.1, -0.05) is 0 Å². The summed E-state index contributed by atoms with van der Waals surface area (Å²) in [5.74, 6) is 2.98. The molecule has 162 valence electrons. The molecular weight excluding hydrogens is 362 g/mol. The SMILES string of the molecule is CC(C)(C)NC(=O)CN1CCC2(CC1)C[C@H]2NC(=O)C12CC3CC(CC(C3)C1)C2. The Morgan fingerprint density at radius 3 is 2.00 bits per heavy atom. The van der Waals surface area contributed by atoms with Gasteiger partial charge >= 0.3 is 0 Å². The maximum atomic E-state index is 13.3. The molecule has 0 unspecified atom stereocenters. The lowest BCUT2D eigenvalue weighted by Crippen LogP contribution is -2.54. The van der Waals surface area contributed by atoms with E-state index in [9.17, 15) is 9.59 Å². The predicted octanol–water partition coefficient (Wildman–Crippen LogP) is 3.09. The van der Waals surface area contributed by atoms with Crippen molar-refractivity contribution in [1.29, 1.82) is 0 Å². The van der Waals surface area contributed by atoms with Gasteiger partial charge in [0.1, 0.15) is 0 Å². The minimum absolute atomic E-state index is 0.0235. The van der Waals surface area contributed by atoms with E-state index in [2.05, 4.69) is 15.5 Å². The highest BCUT2D eigenvalue weighted by molar-refractivity contribution is 5.84. The first-order chi connectivity index (χ1) is 13.6. The second-order valence-electron chi connectivity index (χ2n) is 12.4. The summed E-state index contributed by atoms with van der Waals surface area (Å²) in [7, 11) is 0. The van der Waals surface area contributed by atoms with Crippen LogP contribution in [0.5, 0.6) is 0 Å². The van der Waals surface area contributed by atoms with Crippen LogP contribution >= 0.6 is 0 Å². The fourth-order valence-corrected chi connectivity index (χ4v) is 7.62. The number of hydrogen-bond acceptors (Lipinski definition) is 3. The summed E-state index contributed by atoms with van der Waals surface area (Å²) in [6, 6.07) is 0.383. The van der Waals surface area contributed by atoms with Crippen LogP contribution in [0, 0.1) is 28.6 Å². The zero-order valence-corrected chi connectivity index (χ0v) is 18.6. The van der Waals surface area contributed by atoms with Crippen molar-refractivity contribution >= 4 is 11.8 Å². The van der Waals surface area contributed by atoms with Crippen molar-refractivity contribution in [2.75, 3.05) is 19.6 Å². The topological polar surface area (TPSA) is 61.4 Å². The van der Waals surface area contributed by atoms with Crippen molar-refractivity contribution in [3.63, 3.8) is 0 Å². The predicted molar refractivity (Wildman–Crippen MR) is 113 cm³/mol. The van der Waals surface area contributed by atoms with Gasteiger partial charge in [0.25, 0.3) is 0 Å². The lowest BCUT2D eigenvalue weighted by atomic mass is 9.49. The molecule has 2 amide bonds. The van der Waals surface area contributed by atoms with Gasteiger partial charge in [-0.05, 0) is 115 Å². The van der Waals surface area contributed by atoms with Gasteiger partial charge in [0.05, 0.1) is 6.54 Å². The summed E-state index contributed by atoms with van der Waals surface area (Å²) < 4.78 is 0. The summed E-state index contributed by atoms with van der Waals surface area (Å²) in [4.78, 5) is 27.8. The van der Waals surface area contributed by atoms with Crippen molar-refractivity contribution in [1.82, 2.24) is 15.5 Å². The first-order valence-electron chi connectivity index (χ1n) is 12.0. The number of nitrogens with zero attached hydrogens (tertiary/aromatic N) is 1. The van der Waals surface area contributed by atoms with E-state index in [-0.39, 0.29) is 16.9 Å². The van der Waals surface area contributed by atoms with Gasteiger partial charge in [-0.25, -0.2) is 0 Å². The van der Waals surface area contributed by atoms with Crippen molar-refractivity contribution in [3.05, 3.63) is 0 Å². The summed E-state index contributed by atoms with van der Waals surface area (Å²) in [5, 5.41) is 6.58. The van der Waals surface area contributed by atoms with Gasteiger partial charge in [0.2, 0.25) is 11.8 Å². The third-order valence-electron chi connectivity index (χ3n) is 8.75. The van der Waals surface area contributed by atoms with Crippen LogP contribution in [0.1, 0.15) is 78.6 Å². The number of piperidine rings is 1. The minimum atomic E-state index is -0.169. The number of hydrogen-bond donors (Lipinski definition) is 2. The number of nitrogens with one attached hydrogen (secondary N) is 2. The van der Waals surface area contributed by atoms with E-state index < -0.39 is 0 Å². The molecule has 4 bridgehead atoms. The Morgan fingerprint density at radius 1 is 0.931 bits per heavy atom. The Kier molecular flexibility index (Phi) is 4.58. The summed E-state index contributed by atoms with van der Waals surface area (Å²) in [5.41, 5.74) is 0.121. The molecule has 6 fully saturated rings. The Labute approximate surface area is 175 Å². The average molecular weight is 402 g/mol. The normalized spacial score (nSPS) is 40.1. The highest BCUT2D eigenvalue weighted by atomic mass is 16.2. The monoisotopic (exact) mass is 401 g/mol. The van der Waals surface area contributed by atoms with E-state index >= 15 is 0 Å². The molecule has 6 aliphatic rings. The zero-order valence-electron chi connectivity index (χ0n) is 18.6. The molecular formula is C24H39N3O2. The van der Waals surface area contributed by atoms with Crippen LogP contribution in [0.3, 0.4) is 0 Å². The number of carbonyl (C=O) groups excluding carboxylic acids is 2. The highest BCUT2D eigenvalue weighted by Gasteiger charge is 2.59. The molecule has 1 heterocycles. The summed E-state index contributed by atoms with van der Waals surface area (Å²) in [6.45, 7) is 8.52. The van der Waals surface area contributed by atoms with Gasteiger partial charge in [-0.2, -0.15) is 0 Å². The van der Waals surface area contributed by atoms with E-state index in [0.29, 0.717) is 23.9 Å².